The van der Waals surface area contributed by atoms with Crippen molar-refractivity contribution in [1.82, 2.24) is 9.80 Å². The molecule has 3 amide bonds. The van der Waals surface area contributed by atoms with E-state index in [9.17, 15) is 14.4 Å². The third kappa shape index (κ3) is 5.08. The molecule has 0 saturated heterocycles. The first-order valence-corrected chi connectivity index (χ1v) is 6.84. The molecule has 0 aromatic heterocycles. The number of nitrogens with zero attached hydrogens (tertiary/aromatic N) is 2. The zero-order valence-corrected chi connectivity index (χ0v) is 13.3. The first-order chi connectivity index (χ1) is 10.3. The number of hydrogen-bond donors (Lipinski definition) is 1. The van der Waals surface area contributed by atoms with Crippen molar-refractivity contribution >= 4 is 23.6 Å². The van der Waals surface area contributed by atoms with Gasteiger partial charge in [0, 0.05) is 32.4 Å². The molecule has 0 aliphatic carbocycles. The van der Waals surface area contributed by atoms with Crippen molar-refractivity contribution in [2.45, 2.75) is 6.92 Å². The monoisotopic (exact) mass is 307 g/mol. The largest absolute Gasteiger partial charge is 0.450 e. The van der Waals surface area contributed by atoms with Crippen LogP contribution in [-0.4, -0.2) is 62.0 Å². The quantitative estimate of drug-likeness (QED) is 0.892. The summed E-state index contributed by atoms with van der Waals surface area (Å²) < 4.78 is 4.76. The summed E-state index contributed by atoms with van der Waals surface area (Å²) in [6.45, 7) is 2.01. The summed E-state index contributed by atoms with van der Waals surface area (Å²) in [6, 6.07) is 6.37. The predicted octanol–water partition coefficient (Wildman–Crippen LogP) is 1.42. The molecular formula is C15H21N3O4. The first-order valence-electron chi connectivity index (χ1n) is 6.84. The summed E-state index contributed by atoms with van der Waals surface area (Å²) in [5.41, 5.74) is 0.963. The van der Waals surface area contributed by atoms with Crippen LogP contribution >= 0.6 is 0 Å². The summed E-state index contributed by atoms with van der Waals surface area (Å²) in [6.07, 6.45) is -0.546. The lowest BCUT2D eigenvalue weighted by Crippen LogP contribution is -2.37. The Bertz CT molecular complexity index is 540. The van der Waals surface area contributed by atoms with Crippen molar-refractivity contribution in [3.05, 3.63) is 29.8 Å². The Labute approximate surface area is 129 Å². The normalized spacial score (nSPS) is 9.82. The Balaban J connectivity index is 2.67. The minimum absolute atomic E-state index is 0.00859. The van der Waals surface area contributed by atoms with Gasteiger partial charge in [-0.3, -0.25) is 14.9 Å². The van der Waals surface area contributed by atoms with Crippen molar-refractivity contribution in [2.75, 3.05) is 39.6 Å². The number of ether oxygens (including phenoxy) is 1. The highest BCUT2D eigenvalue weighted by Gasteiger charge is 2.16. The molecule has 0 fully saturated rings. The molecular weight excluding hydrogens is 286 g/mol. The molecule has 0 atom stereocenters. The van der Waals surface area contributed by atoms with E-state index < -0.39 is 6.09 Å². The van der Waals surface area contributed by atoms with Gasteiger partial charge in [0.1, 0.15) is 0 Å². The van der Waals surface area contributed by atoms with E-state index in [1.54, 1.807) is 52.3 Å². The SMILES string of the molecule is CCOC(=O)Nc1ccc(C(=O)N(C)CC(=O)N(C)C)cc1. The van der Waals surface area contributed by atoms with Gasteiger partial charge < -0.3 is 14.5 Å². The average Bonchev–Trinajstić information content (AvgIpc) is 2.47. The van der Waals surface area contributed by atoms with E-state index in [4.69, 9.17) is 4.74 Å². The Morgan fingerprint density at radius 3 is 2.18 bits per heavy atom. The molecule has 1 aromatic carbocycles. The Morgan fingerprint density at radius 1 is 1.09 bits per heavy atom. The van der Waals surface area contributed by atoms with Crippen molar-refractivity contribution in [3.8, 4) is 0 Å². The zero-order valence-electron chi connectivity index (χ0n) is 13.3. The van der Waals surface area contributed by atoms with Gasteiger partial charge in [0.05, 0.1) is 13.2 Å². The number of rotatable bonds is 5. The molecule has 0 spiro atoms. The molecule has 1 N–H and O–H groups in total. The third-order valence-electron chi connectivity index (χ3n) is 2.87. The number of nitrogens with one attached hydrogen (secondary N) is 1. The van der Waals surface area contributed by atoms with E-state index in [0.717, 1.165) is 0 Å². The molecule has 120 valence electrons. The van der Waals surface area contributed by atoms with E-state index >= 15 is 0 Å². The van der Waals surface area contributed by atoms with E-state index in [-0.39, 0.29) is 25.0 Å². The fourth-order valence-electron chi connectivity index (χ4n) is 1.62. The lowest BCUT2D eigenvalue weighted by atomic mass is 10.2. The van der Waals surface area contributed by atoms with Crippen LogP contribution in [0.2, 0.25) is 0 Å². The highest BCUT2D eigenvalue weighted by molar-refractivity contribution is 5.97. The fourth-order valence-corrected chi connectivity index (χ4v) is 1.62. The first kappa shape index (κ1) is 17.5. The molecule has 0 aliphatic heterocycles. The summed E-state index contributed by atoms with van der Waals surface area (Å²) >= 11 is 0. The van der Waals surface area contributed by atoms with Gasteiger partial charge in [0.2, 0.25) is 5.91 Å². The smallest absolute Gasteiger partial charge is 0.411 e. The second-order valence-corrected chi connectivity index (χ2v) is 4.87. The maximum absolute atomic E-state index is 12.2. The number of anilines is 1. The lowest BCUT2D eigenvalue weighted by molar-refractivity contribution is -0.129. The van der Waals surface area contributed by atoms with Gasteiger partial charge >= 0.3 is 6.09 Å². The van der Waals surface area contributed by atoms with Crippen molar-refractivity contribution in [1.29, 1.82) is 0 Å². The van der Waals surface area contributed by atoms with Crippen LogP contribution < -0.4 is 5.32 Å². The number of benzene rings is 1. The second-order valence-electron chi connectivity index (χ2n) is 4.87. The fraction of sp³-hybridized carbons (Fsp3) is 0.400. The van der Waals surface area contributed by atoms with Gasteiger partial charge in [0.15, 0.2) is 0 Å². The van der Waals surface area contributed by atoms with Crippen LogP contribution in [0, 0.1) is 0 Å². The predicted molar refractivity (Wildman–Crippen MR) is 82.7 cm³/mol. The Morgan fingerprint density at radius 2 is 1.68 bits per heavy atom. The van der Waals surface area contributed by atoms with E-state index in [1.807, 2.05) is 0 Å². The summed E-state index contributed by atoms with van der Waals surface area (Å²) in [5, 5.41) is 2.54. The molecule has 1 aromatic rings. The van der Waals surface area contributed by atoms with E-state index in [1.165, 1.54) is 9.80 Å². The molecule has 0 bridgehead atoms. The van der Waals surface area contributed by atoms with Gasteiger partial charge in [-0.15, -0.1) is 0 Å². The molecule has 7 heteroatoms. The number of carbonyl (C=O) groups is 3. The minimum atomic E-state index is -0.546. The van der Waals surface area contributed by atoms with Crippen LogP contribution in [0.3, 0.4) is 0 Å². The molecule has 22 heavy (non-hydrogen) atoms. The van der Waals surface area contributed by atoms with Gasteiger partial charge in [-0.1, -0.05) is 0 Å². The average molecular weight is 307 g/mol. The number of likely N-dealkylation sites (N-methyl/N-ethyl adjacent to an activating group) is 2. The highest BCUT2D eigenvalue weighted by Crippen LogP contribution is 2.11. The maximum atomic E-state index is 12.2. The molecule has 0 aliphatic rings. The van der Waals surface area contributed by atoms with E-state index in [2.05, 4.69) is 5.32 Å². The molecule has 0 unspecified atom stereocenters. The zero-order chi connectivity index (χ0) is 16.7. The molecule has 0 heterocycles. The van der Waals surface area contributed by atoms with Gasteiger partial charge in [-0.2, -0.15) is 0 Å². The maximum Gasteiger partial charge on any atom is 0.411 e. The third-order valence-corrected chi connectivity index (χ3v) is 2.87. The van der Waals surface area contributed by atoms with Crippen molar-refractivity contribution in [3.63, 3.8) is 0 Å². The van der Waals surface area contributed by atoms with Gasteiger partial charge in [0.25, 0.3) is 5.91 Å². The second kappa shape index (κ2) is 8.02. The van der Waals surface area contributed by atoms with Crippen LogP contribution in [0.25, 0.3) is 0 Å². The van der Waals surface area contributed by atoms with Crippen molar-refractivity contribution < 1.29 is 19.1 Å². The number of hydrogen-bond acceptors (Lipinski definition) is 4. The summed E-state index contributed by atoms with van der Waals surface area (Å²) in [5.74, 6) is -0.422. The molecule has 1 rings (SSSR count). The summed E-state index contributed by atoms with van der Waals surface area (Å²) in [7, 11) is 4.83. The van der Waals surface area contributed by atoms with Crippen LogP contribution in [0.4, 0.5) is 10.5 Å². The summed E-state index contributed by atoms with van der Waals surface area (Å²) in [4.78, 5) is 37.8. The van der Waals surface area contributed by atoms with Gasteiger partial charge in [-0.25, -0.2) is 4.79 Å². The molecule has 0 radical (unpaired) electrons. The van der Waals surface area contributed by atoms with Crippen molar-refractivity contribution in [2.24, 2.45) is 0 Å². The van der Waals surface area contributed by atoms with Gasteiger partial charge in [-0.05, 0) is 31.2 Å². The van der Waals surface area contributed by atoms with E-state index in [0.29, 0.717) is 11.3 Å². The molecule has 0 saturated carbocycles. The van der Waals surface area contributed by atoms with Crippen LogP contribution in [-0.2, 0) is 9.53 Å². The minimum Gasteiger partial charge on any atom is -0.450 e. The Hall–Kier alpha value is -2.57. The highest BCUT2D eigenvalue weighted by atomic mass is 16.5. The Kier molecular flexibility index (Phi) is 6.37. The number of amides is 3. The standard InChI is InChI=1S/C15H21N3O4/c1-5-22-15(21)16-12-8-6-11(7-9-12)14(20)18(4)10-13(19)17(2)3/h6-9H,5,10H2,1-4H3,(H,16,21). The molecule has 7 nitrogen and oxygen atoms in total. The number of carbonyl (C=O) groups excluding carboxylic acids is 3. The van der Waals surface area contributed by atoms with Crippen LogP contribution in [0.15, 0.2) is 24.3 Å². The van der Waals surface area contributed by atoms with Crippen LogP contribution in [0.1, 0.15) is 17.3 Å². The topological polar surface area (TPSA) is 79.0 Å². The lowest BCUT2D eigenvalue weighted by Gasteiger charge is -2.19. The van der Waals surface area contributed by atoms with Crippen LogP contribution in [0.5, 0.6) is 0 Å².